The number of nitrogens with one attached hydrogen (secondary N) is 1. The van der Waals surface area contributed by atoms with Crippen LogP contribution in [0.2, 0.25) is 0 Å². The molecule has 2 heterocycles. The first-order valence-electron chi connectivity index (χ1n) is 14.7. The maximum Gasteiger partial charge on any atom is 0.355 e. The summed E-state index contributed by atoms with van der Waals surface area (Å²) in [4.78, 5) is 47.3. The number of carbonyl (C=O) groups excluding carboxylic acids is 2. The number of rotatable bonds is 17. The summed E-state index contributed by atoms with van der Waals surface area (Å²) in [5.41, 5.74) is -0.0133. The van der Waals surface area contributed by atoms with Gasteiger partial charge in [-0.3, -0.25) is 14.5 Å². The summed E-state index contributed by atoms with van der Waals surface area (Å²) in [6, 6.07) is -1.23. The van der Waals surface area contributed by atoms with Crippen LogP contribution in [-0.4, -0.2) is 89.3 Å². The summed E-state index contributed by atoms with van der Waals surface area (Å²) in [5, 5.41) is 14.6. The lowest BCUT2D eigenvalue weighted by Crippen LogP contribution is -2.59. The van der Waals surface area contributed by atoms with Gasteiger partial charge in [-0.25, -0.2) is 9.78 Å². The van der Waals surface area contributed by atoms with Crippen LogP contribution in [0.4, 0.5) is 0 Å². The minimum absolute atomic E-state index is 0.0133. The highest BCUT2D eigenvalue weighted by atomic mass is 32.1. The van der Waals surface area contributed by atoms with Gasteiger partial charge in [-0.2, -0.15) is 0 Å². The van der Waals surface area contributed by atoms with E-state index < -0.39 is 18.1 Å². The number of carboxylic acid groups (broad SMARTS) is 1. The highest BCUT2D eigenvalue weighted by Gasteiger charge is 2.38. The molecule has 0 spiro atoms. The molecule has 2 rings (SSSR count). The number of nitrogens with zero attached hydrogens (tertiary/aromatic N) is 3. The predicted octanol–water partition coefficient (Wildman–Crippen LogP) is 4.56. The molecule has 1 saturated heterocycles. The van der Waals surface area contributed by atoms with Crippen molar-refractivity contribution in [3.8, 4) is 0 Å². The number of piperidine rings is 1. The van der Waals surface area contributed by atoms with Gasteiger partial charge < -0.3 is 24.8 Å². The van der Waals surface area contributed by atoms with Crippen LogP contribution in [-0.2, 0) is 19.1 Å². The third-order valence-corrected chi connectivity index (χ3v) is 8.67. The van der Waals surface area contributed by atoms with Crippen molar-refractivity contribution >= 4 is 29.1 Å². The lowest BCUT2D eigenvalue weighted by Gasteiger charge is -2.40. The van der Waals surface area contributed by atoms with Crippen molar-refractivity contribution in [2.24, 2.45) is 11.8 Å². The number of amides is 2. The molecule has 1 aliphatic heterocycles. The predicted molar refractivity (Wildman–Crippen MR) is 156 cm³/mol. The second-order valence-electron chi connectivity index (χ2n) is 11.1. The zero-order chi connectivity index (χ0) is 29.8. The Morgan fingerprint density at radius 2 is 1.95 bits per heavy atom. The molecule has 0 aliphatic carbocycles. The minimum atomic E-state index is -1.08. The van der Waals surface area contributed by atoms with Crippen molar-refractivity contribution in [2.75, 3.05) is 33.5 Å². The number of hydrogen-bond acceptors (Lipinski definition) is 8. The van der Waals surface area contributed by atoms with E-state index in [-0.39, 0.29) is 48.2 Å². The summed E-state index contributed by atoms with van der Waals surface area (Å²) in [6.45, 7) is 13.9. The van der Waals surface area contributed by atoms with Crippen molar-refractivity contribution in [1.29, 1.82) is 0 Å². The van der Waals surface area contributed by atoms with Gasteiger partial charge in [0.2, 0.25) is 11.8 Å². The number of ether oxygens (including phenoxy) is 2. The van der Waals surface area contributed by atoms with Crippen molar-refractivity contribution in [2.45, 2.75) is 104 Å². The van der Waals surface area contributed by atoms with Crippen LogP contribution in [0.15, 0.2) is 5.38 Å². The number of carbonyl (C=O) groups is 3. The Morgan fingerprint density at radius 3 is 2.50 bits per heavy atom. The lowest BCUT2D eigenvalue weighted by molar-refractivity contribution is -0.149. The molecule has 5 atom stereocenters. The average Bonchev–Trinajstić information content (AvgIpc) is 3.43. The van der Waals surface area contributed by atoms with Gasteiger partial charge >= 0.3 is 5.97 Å². The number of carboxylic acids is 1. The Hall–Kier alpha value is -2.08. The smallest absolute Gasteiger partial charge is 0.355 e. The first-order chi connectivity index (χ1) is 19.0. The fraction of sp³-hybridized carbons (Fsp3) is 0.793. The lowest BCUT2D eigenvalue weighted by atomic mass is 9.92. The number of aromatic carboxylic acids is 1. The van der Waals surface area contributed by atoms with Gasteiger partial charge in [0.1, 0.15) is 23.9 Å². The van der Waals surface area contributed by atoms with E-state index in [1.165, 1.54) is 16.7 Å². The Balaban J connectivity index is 2.39. The average molecular weight is 583 g/mol. The van der Waals surface area contributed by atoms with Gasteiger partial charge in [-0.15, -0.1) is 11.3 Å². The van der Waals surface area contributed by atoms with E-state index in [0.29, 0.717) is 24.6 Å². The molecular formula is C29H50N4O6S. The summed E-state index contributed by atoms with van der Waals surface area (Å²) in [6.07, 6.45) is 4.31. The molecular weight excluding hydrogens is 532 g/mol. The molecule has 11 heteroatoms. The highest BCUT2D eigenvalue weighted by Crippen LogP contribution is 2.31. The maximum atomic E-state index is 14.3. The molecule has 40 heavy (non-hydrogen) atoms. The number of likely N-dealkylation sites (tertiary alicyclic amines) is 1. The third-order valence-electron chi connectivity index (χ3n) is 7.73. The number of aromatic nitrogens is 1. The largest absolute Gasteiger partial charge is 0.476 e. The SMILES string of the molecule is CCCO[C@H](C[C@H](C(C)C)N(COCC)C(=O)[C@@H](NC(=O)[C@H]1CCCCN1C)[C@@H](C)CC)c1nc(C(=O)O)cs1. The first kappa shape index (κ1) is 34.1. The third kappa shape index (κ3) is 9.49. The van der Waals surface area contributed by atoms with Crippen LogP contribution in [0.5, 0.6) is 0 Å². The Morgan fingerprint density at radius 1 is 1.23 bits per heavy atom. The van der Waals surface area contributed by atoms with Gasteiger partial charge in [0, 0.05) is 31.1 Å². The van der Waals surface area contributed by atoms with Gasteiger partial charge in [0.15, 0.2) is 5.69 Å². The molecule has 10 nitrogen and oxygen atoms in total. The minimum Gasteiger partial charge on any atom is -0.476 e. The van der Waals surface area contributed by atoms with Crippen LogP contribution < -0.4 is 5.32 Å². The second kappa shape index (κ2) is 17.0. The van der Waals surface area contributed by atoms with Crippen LogP contribution in [0.25, 0.3) is 0 Å². The highest BCUT2D eigenvalue weighted by molar-refractivity contribution is 7.09. The van der Waals surface area contributed by atoms with Crippen LogP contribution in [0.1, 0.15) is 102 Å². The quantitative estimate of drug-likeness (QED) is 0.257. The van der Waals surface area contributed by atoms with E-state index in [4.69, 9.17) is 9.47 Å². The summed E-state index contributed by atoms with van der Waals surface area (Å²) >= 11 is 1.25. The maximum absolute atomic E-state index is 14.3. The topological polar surface area (TPSA) is 121 Å². The zero-order valence-corrected chi connectivity index (χ0v) is 26.2. The molecule has 228 valence electrons. The van der Waals surface area contributed by atoms with Crippen LogP contribution >= 0.6 is 11.3 Å². The first-order valence-corrected chi connectivity index (χ1v) is 15.6. The molecule has 1 aromatic rings. The van der Waals surface area contributed by atoms with Crippen LogP contribution in [0.3, 0.4) is 0 Å². The van der Waals surface area contributed by atoms with Crippen LogP contribution in [0, 0.1) is 11.8 Å². The normalized spacial score (nSPS) is 19.1. The van der Waals surface area contributed by atoms with Gasteiger partial charge in [0.05, 0.1) is 6.04 Å². The van der Waals surface area contributed by atoms with Gasteiger partial charge in [-0.05, 0) is 51.6 Å². The monoisotopic (exact) mass is 582 g/mol. The fourth-order valence-electron chi connectivity index (χ4n) is 5.04. The molecule has 0 saturated carbocycles. The summed E-state index contributed by atoms with van der Waals surface area (Å²) < 4.78 is 12.0. The fourth-order valence-corrected chi connectivity index (χ4v) is 5.90. The Labute approximate surface area is 243 Å². The molecule has 1 fully saturated rings. The van der Waals surface area contributed by atoms with E-state index >= 15 is 0 Å². The standard InChI is InChI=1S/C29H50N4O6S/c1-8-15-39-24(27-30-21(17-40-27)29(36)37)16-23(19(4)5)33(18-38-10-3)28(35)25(20(6)9-2)31-26(34)22-13-11-12-14-32(22)7/h17,19-20,22-25H,8-16,18H2,1-7H3,(H,31,34)(H,36,37)/t20-,22+,23+,24+,25-/m0/s1. The van der Waals surface area contributed by atoms with Crippen molar-refractivity contribution in [3.63, 3.8) is 0 Å². The van der Waals surface area contributed by atoms with Crippen molar-refractivity contribution < 1.29 is 29.0 Å². The van der Waals surface area contributed by atoms with Gasteiger partial charge in [-0.1, -0.05) is 47.5 Å². The zero-order valence-electron chi connectivity index (χ0n) is 25.4. The van der Waals surface area contributed by atoms with Gasteiger partial charge in [0.25, 0.3) is 0 Å². The van der Waals surface area contributed by atoms with E-state index in [2.05, 4.69) is 15.2 Å². The molecule has 2 amide bonds. The van der Waals surface area contributed by atoms with E-state index in [0.717, 1.165) is 38.6 Å². The van der Waals surface area contributed by atoms with E-state index in [1.54, 1.807) is 4.90 Å². The molecule has 2 N–H and O–H groups in total. The summed E-state index contributed by atoms with van der Waals surface area (Å²) in [5.74, 6) is -1.40. The molecule has 0 radical (unpaired) electrons. The molecule has 0 aromatic carbocycles. The second-order valence-corrected chi connectivity index (χ2v) is 12.0. The molecule has 1 aromatic heterocycles. The Kier molecular flexibility index (Phi) is 14.5. The molecule has 0 unspecified atom stereocenters. The van der Waals surface area contributed by atoms with E-state index in [9.17, 15) is 19.5 Å². The van der Waals surface area contributed by atoms with E-state index in [1.807, 2.05) is 48.6 Å². The summed E-state index contributed by atoms with van der Waals surface area (Å²) in [7, 11) is 1.96. The Bertz CT molecular complexity index is 941. The molecule has 1 aliphatic rings. The number of thiazole rings is 1. The number of hydrogen-bond donors (Lipinski definition) is 2. The number of likely N-dealkylation sites (N-methyl/N-ethyl adjacent to an activating group) is 1. The molecule has 0 bridgehead atoms. The van der Waals surface area contributed by atoms with Crippen molar-refractivity contribution in [1.82, 2.24) is 20.1 Å². The van der Waals surface area contributed by atoms with Crippen molar-refractivity contribution in [3.05, 3.63) is 16.1 Å².